The number of carbonyl (C=O) groups excluding carboxylic acids is 1. The second-order valence-corrected chi connectivity index (χ2v) is 6.89. The summed E-state index contributed by atoms with van der Waals surface area (Å²) in [6.07, 6.45) is 0. The molecule has 1 amide bonds. The van der Waals surface area contributed by atoms with E-state index in [1.165, 1.54) is 12.1 Å². The van der Waals surface area contributed by atoms with Gasteiger partial charge in [-0.05, 0) is 48.5 Å². The molecule has 5 nitrogen and oxygen atoms in total. The van der Waals surface area contributed by atoms with E-state index in [4.69, 9.17) is 4.74 Å². The molecule has 0 aromatic heterocycles. The maximum Gasteiger partial charge on any atom is 0.255 e. The number of hydrogen-bond acceptors (Lipinski definition) is 4. The highest BCUT2D eigenvalue weighted by Gasteiger charge is 2.11. The van der Waals surface area contributed by atoms with Crippen LogP contribution in [0.2, 0.25) is 0 Å². The normalized spacial score (nSPS) is 11.0. The van der Waals surface area contributed by atoms with Gasteiger partial charge in [0.15, 0.2) is 9.84 Å². The van der Waals surface area contributed by atoms with E-state index in [1.54, 1.807) is 50.4 Å². The molecule has 22 heavy (non-hydrogen) atoms. The highest BCUT2D eigenvalue weighted by Crippen LogP contribution is 2.17. The molecule has 0 fully saturated rings. The number of methoxy groups -OCH3 is 1. The maximum atomic E-state index is 12.1. The van der Waals surface area contributed by atoms with Crippen LogP contribution in [-0.4, -0.2) is 27.2 Å². The highest BCUT2D eigenvalue weighted by molar-refractivity contribution is 7.91. The molecule has 0 bridgehead atoms. The largest absolute Gasteiger partial charge is 0.497 e. The van der Waals surface area contributed by atoms with Gasteiger partial charge in [-0.25, -0.2) is 8.42 Å². The van der Waals surface area contributed by atoms with E-state index in [2.05, 4.69) is 5.32 Å². The summed E-state index contributed by atoms with van der Waals surface area (Å²) in [5.74, 6) is 0.448. The average molecular weight is 319 g/mol. The summed E-state index contributed by atoms with van der Waals surface area (Å²) in [5, 5.41) is 2.72. The van der Waals surface area contributed by atoms with Crippen LogP contribution in [0.4, 0.5) is 5.69 Å². The number of sulfone groups is 1. The third-order valence-electron chi connectivity index (χ3n) is 3.20. The van der Waals surface area contributed by atoms with Crippen molar-refractivity contribution in [3.8, 4) is 5.75 Å². The number of carbonyl (C=O) groups is 1. The van der Waals surface area contributed by atoms with Gasteiger partial charge in [-0.2, -0.15) is 0 Å². The first-order valence-corrected chi connectivity index (χ1v) is 8.39. The minimum atomic E-state index is -3.23. The summed E-state index contributed by atoms with van der Waals surface area (Å²) in [6, 6.07) is 12.8. The van der Waals surface area contributed by atoms with Gasteiger partial charge in [-0.3, -0.25) is 4.79 Å². The molecular weight excluding hydrogens is 302 g/mol. The molecule has 0 saturated carbocycles. The zero-order chi connectivity index (χ0) is 16.2. The minimum absolute atomic E-state index is 0.0462. The number of rotatable bonds is 5. The Labute approximate surface area is 129 Å². The summed E-state index contributed by atoms with van der Waals surface area (Å²) in [7, 11) is -1.67. The molecule has 0 unspecified atom stereocenters. The van der Waals surface area contributed by atoms with Gasteiger partial charge in [-0.1, -0.05) is 6.92 Å². The molecule has 0 heterocycles. The van der Waals surface area contributed by atoms with Crippen molar-refractivity contribution < 1.29 is 17.9 Å². The SMILES string of the molecule is CCS(=O)(=O)c1ccc(NC(=O)c2ccc(OC)cc2)cc1. The molecule has 1 N–H and O–H groups in total. The first-order valence-electron chi connectivity index (χ1n) is 6.74. The Morgan fingerprint density at radius 1 is 1.05 bits per heavy atom. The molecule has 2 rings (SSSR count). The lowest BCUT2D eigenvalue weighted by Crippen LogP contribution is -2.12. The summed E-state index contributed by atoms with van der Waals surface area (Å²) >= 11 is 0. The van der Waals surface area contributed by atoms with Crippen molar-refractivity contribution in [2.45, 2.75) is 11.8 Å². The van der Waals surface area contributed by atoms with Crippen molar-refractivity contribution in [1.82, 2.24) is 0 Å². The van der Waals surface area contributed by atoms with Crippen molar-refractivity contribution >= 4 is 21.4 Å². The molecule has 0 radical (unpaired) electrons. The summed E-state index contributed by atoms with van der Waals surface area (Å²) < 4.78 is 28.5. The molecule has 2 aromatic carbocycles. The Hall–Kier alpha value is -2.34. The van der Waals surface area contributed by atoms with Gasteiger partial charge < -0.3 is 10.1 Å². The molecule has 0 aliphatic carbocycles. The van der Waals surface area contributed by atoms with Gasteiger partial charge in [-0.15, -0.1) is 0 Å². The monoisotopic (exact) mass is 319 g/mol. The first-order chi connectivity index (χ1) is 10.5. The molecule has 0 atom stereocenters. The number of nitrogens with one attached hydrogen (secondary N) is 1. The van der Waals surface area contributed by atoms with E-state index in [9.17, 15) is 13.2 Å². The van der Waals surface area contributed by atoms with Gasteiger partial charge in [0.1, 0.15) is 5.75 Å². The number of ether oxygens (including phenoxy) is 1. The fraction of sp³-hybridized carbons (Fsp3) is 0.188. The van der Waals surface area contributed by atoms with Crippen molar-refractivity contribution in [2.75, 3.05) is 18.2 Å². The molecular formula is C16H17NO4S. The Bertz CT molecular complexity index is 750. The van der Waals surface area contributed by atoms with Crippen LogP contribution in [0.3, 0.4) is 0 Å². The van der Waals surface area contributed by atoms with Gasteiger partial charge in [0.05, 0.1) is 17.8 Å². The van der Waals surface area contributed by atoms with Gasteiger partial charge >= 0.3 is 0 Å². The molecule has 6 heteroatoms. The second-order valence-electron chi connectivity index (χ2n) is 4.61. The molecule has 116 valence electrons. The van der Waals surface area contributed by atoms with E-state index < -0.39 is 9.84 Å². The number of anilines is 1. The number of amides is 1. The van der Waals surface area contributed by atoms with Crippen LogP contribution < -0.4 is 10.1 Å². The van der Waals surface area contributed by atoms with Crippen LogP contribution in [0, 0.1) is 0 Å². The molecule has 0 spiro atoms. The second kappa shape index (κ2) is 6.62. The summed E-state index contributed by atoms with van der Waals surface area (Å²) in [5.41, 5.74) is 1.03. The molecule has 0 saturated heterocycles. The topological polar surface area (TPSA) is 72.5 Å². The van der Waals surface area contributed by atoms with E-state index >= 15 is 0 Å². The number of benzene rings is 2. The summed E-state index contributed by atoms with van der Waals surface area (Å²) in [6.45, 7) is 1.59. The van der Waals surface area contributed by atoms with E-state index in [-0.39, 0.29) is 16.6 Å². The van der Waals surface area contributed by atoms with Gasteiger partial charge in [0, 0.05) is 11.3 Å². The van der Waals surface area contributed by atoms with Crippen molar-refractivity contribution in [3.63, 3.8) is 0 Å². The van der Waals surface area contributed by atoms with E-state index in [0.717, 1.165) is 0 Å². The van der Waals surface area contributed by atoms with Crippen LogP contribution in [0.25, 0.3) is 0 Å². The number of hydrogen-bond donors (Lipinski definition) is 1. The predicted octanol–water partition coefficient (Wildman–Crippen LogP) is 2.74. The van der Waals surface area contributed by atoms with Gasteiger partial charge in [0.25, 0.3) is 5.91 Å². The van der Waals surface area contributed by atoms with E-state index in [0.29, 0.717) is 17.0 Å². The predicted molar refractivity (Wildman–Crippen MR) is 85.1 cm³/mol. The third-order valence-corrected chi connectivity index (χ3v) is 4.95. The van der Waals surface area contributed by atoms with Crippen molar-refractivity contribution in [1.29, 1.82) is 0 Å². The minimum Gasteiger partial charge on any atom is -0.497 e. The standard InChI is InChI=1S/C16H17NO4S/c1-3-22(19,20)15-10-6-13(7-11-15)17-16(18)12-4-8-14(21-2)9-5-12/h4-11H,3H2,1-2H3,(H,17,18). The quantitative estimate of drug-likeness (QED) is 0.920. The first kappa shape index (κ1) is 16.0. The zero-order valence-electron chi connectivity index (χ0n) is 12.4. The van der Waals surface area contributed by atoms with Crippen molar-refractivity contribution in [2.24, 2.45) is 0 Å². The lowest BCUT2D eigenvalue weighted by atomic mass is 10.2. The Balaban J connectivity index is 2.11. The van der Waals surface area contributed by atoms with Crippen LogP contribution in [0.1, 0.15) is 17.3 Å². The molecule has 0 aliphatic rings. The smallest absolute Gasteiger partial charge is 0.255 e. The van der Waals surface area contributed by atoms with Crippen LogP contribution >= 0.6 is 0 Å². The molecule has 0 aliphatic heterocycles. The Morgan fingerprint density at radius 3 is 2.14 bits per heavy atom. The van der Waals surface area contributed by atoms with E-state index in [1.807, 2.05) is 0 Å². The van der Waals surface area contributed by atoms with Crippen LogP contribution in [0.15, 0.2) is 53.4 Å². The fourth-order valence-electron chi connectivity index (χ4n) is 1.86. The Morgan fingerprint density at radius 2 is 1.64 bits per heavy atom. The lowest BCUT2D eigenvalue weighted by molar-refractivity contribution is 0.102. The third kappa shape index (κ3) is 3.65. The fourth-order valence-corrected chi connectivity index (χ4v) is 2.74. The van der Waals surface area contributed by atoms with Gasteiger partial charge in [0.2, 0.25) is 0 Å². The Kier molecular flexibility index (Phi) is 4.82. The van der Waals surface area contributed by atoms with Crippen molar-refractivity contribution in [3.05, 3.63) is 54.1 Å². The molecule has 2 aromatic rings. The zero-order valence-corrected chi connectivity index (χ0v) is 13.2. The average Bonchev–Trinajstić information content (AvgIpc) is 2.55. The van der Waals surface area contributed by atoms with Crippen LogP contribution in [0.5, 0.6) is 5.75 Å². The van der Waals surface area contributed by atoms with Crippen LogP contribution in [-0.2, 0) is 9.84 Å². The lowest BCUT2D eigenvalue weighted by Gasteiger charge is -2.07. The maximum absolute atomic E-state index is 12.1. The summed E-state index contributed by atoms with van der Waals surface area (Å²) in [4.78, 5) is 12.3. The highest BCUT2D eigenvalue weighted by atomic mass is 32.2.